The fourth-order valence-electron chi connectivity index (χ4n) is 6.15. The van der Waals surface area contributed by atoms with E-state index in [2.05, 4.69) is 0 Å². The molecule has 6 nitrogen and oxygen atoms in total. The van der Waals surface area contributed by atoms with E-state index in [0.717, 1.165) is 4.90 Å². The molecule has 0 radical (unpaired) electrons. The van der Waals surface area contributed by atoms with Gasteiger partial charge in [0, 0.05) is 10.6 Å². The Morgan fingerprint density at radius 3 is 1.66 bits per heavy atom. The summed E-state index contributed by atoms with van der Waals surface area (Å²) in [5, 5.41) is 0.464. The van der Waals surface area contributed by atoms with Crippen LogP contribution in [0.1, 0.15) is 39.5 Å². The number of halogens is 3. The van der Waals surface area contributed by atoms with Gasteiger partial charge in [0.2, 0.25) is 17.6 Å². The van der Waals surface area contributed by atoms with Gasteiger partial charge < -0.3 is 4.74 Å². The van der Waals surface area contributed by atoms with Crippen LogP contribution in [0.15, 0.2) is 72.8 Å². The molecule has 4 aliphatic rings. The number of amides is 2. The number of Topliss-reactive ketones (excluding diaryl/α,β-unsaturated/α-hetero) is 1. The maximum atomic E-state index is 13.8. The first-order chi connectivity index (χ1) is 18.1. The highest BCUT2D eigenvalue weighted by atomic mass is 35.5. The number of likely N-dealkylation sites (tertiary alicyclic amines) is 1. The van der Waals surface area contributed by atoms with Gasteiger partial charge in [0.15, 0.2) is 6.10 Å². The van der Waals surface area contributed by atoms with Crippen LogP contribution >= 0.6 is 34.8 Å². The van der Waals surface area contributed by atoms with E-state index < -0.39 is 57.8 Å². The number of imide groups is 1. The molecular formula is C29H20Cl3NO5. The van der Waals surface area contributed by atoms with Crippen molar-refractivity contribution in [3.05, 3.63) is 106 Å². The quantitative estimate of drug-likeness (QED) is 0.186. The zero-order valence-electron chi connectivity index (χ0n) is 20.0. The molecule has 1 fully saturated rings. The third kappa shape index (κ3) is 3.27. The number of nitrogens with zero attached hydrogens (tertiary/aromatic N) is 1. The lowest BCUT2D eigenvalue weighted by Crippen LogP contribution is -2.57. The smallest absolute Gasteiger partial charge is 0.326 e. The maximum absolute atomic E-state index is 13.8. The van der Waals surface area contributed by atoms with Crippen molar-refractivity contribution in [2.45, 2.75) is 22.8 Å². The first-order valence-electron chi connectivity index (χ1n) is 12.0. The molecule has 1 heterocycles. The topological polar surface area (TPSA) is 80.8 Å². The number of ether oxygens (including phenoxy) is 1. The van der Waals surface area contributed by atoms with Crippen molar-refractivity contribution in [3.8, 4) is 0 Å². The molecule has 3 aromatic carbocycles. The van der Waals surface area contributed by atoms with E-state index in [1.165, 1.54) is 19.1 Å². The summed E-state index contributed by atoms with van der Waals surface area (Å²) in [7, 11) is 0. The van der Waals surface area contributed by atoms with Gasteiger partial charge in [0.25, 0.3) is 0 Å². The molecule has 7 rings (SSSR count). The molecule has 1 saturated heterocycles. The summed E-state index contributed by atoms with van der Waals surface area (Å²) in [4.78, 5) is 51.3. The molecule has 2 amide bonds. The average Bonchev–Trinajstić information content (AvgIpc) is 3.17. The number of carbonyl (C=O) groups is 4. The van der Waals surface area contributed by atoms with Gasteiger partial charge in [-0.05, 0) is 53.4 Å². The lowest BCUT2D eigenvalue weighted by molar-refractivity contribution is -0.154. The number of rotatable bonds is 5. The number of esters is 1. The predicted molar refractivity (Wildman–Crippen MR) is 141 cm³/mol. The number of hydrogen-bond acceptors (Lipinski definition) is 5. The van der Waals surface area contributed by atoms with Crippen molar-refractivity contribution in [1.82, 2.24) is 4.90 Å². The zero-order chi connectivity index (χ0) is 27.0. The first-order valence-corrected chi connectivity index (χ1v) is 13.2. The standard InChI is InChI=1S/C29H20Cl3NO5/c1-15(25(35)16-10-12-17(30)13-11-16)38-22(34)14-33-26(36)23-24(27(33)37)29(32)19-7-3-2-6-18(19)28(23,31)20-8-4-5-9-21(20)29/h2-13,15,23-24H,14H2,1H3/t15-,23-,24+,28?,29?/m0/s1. The highest BCUT2D eigenvalue weighted by molar-refractivity contribution is 6.36. The Bertz CT molecular complexity index is 1410. The average molecular weight is 569 g/mol. The van der Waals surface area contributed by atoms with Crippen molar-refractivity contribution in [1.29, 1.82) is 0 Å². The Morgan fingerprint density at radius 1 is 0.816 bits per heavy atom. The monoisotopic (exact) mass is 567 g/mol. The second-order valence-corrected chi connectivity index (χ2v) is 11.4. The van der Waals surface area contributed by atoms with Crippen LogP contribution in [0.5, 0.6) is 0 Å². The molecular weight excluding hydrogens is 549 g/mol. The number of hydrogen-bond donors (Lipinski definition) is 0. The van der Waals surface area contributed by atoms with Crippen LogP contribution in [0.4, 0.5) is 0 Å². The molecule has 3 aromatic rings. The fraction of sp³-hybridized carbons (Fsp3) is 0.241. The lowest BCUT2D eigenvalue weighted by Gasteiger charge is -2.54. The van der Waals surface area contributed by atoms with Crippen molar-refractivity contribution in [2.75, 3.05) is 6.54 Å². The number of benzene rings is 3. The summed E-state index contributed by atoms with van der Waals surface area (Å²) in [6, 6.07) is 20.7. The summed E-state index contributed by atoms with van der Waals surface area (Å²) >= 11 is 20.6. The second-order valence-electron chi connectivity index (χ2n) is 9.74. The summed E-state index contributed by atoms with van der Waals surface area (Å²) < 4.78 is 5.32. The molecule has 0 spiro atoms. The van der Waals surface area contributed by atoms with Crippen molar-refractivity contribution < 1.29 is 23.9 Å². The van der Waals surface area contributed by atoms with E-state index in [4.69, 9.17) is 39.5 Å². The lowest BCUT2D eigenvalue weighted by atomic mass is 9.54. The third-order valence-electron chi connectivity index (χ3n) is 7.77. The molecule has 2 bridgehead atoms. The molecule has 0 N–H and O–H groups in total. The van der Waals surface area contributed by atoms with E-state index in [-0.39, 0.29) is 0 Å². The molecule has 192 valence electrons. The number of ketones is 1. The highest BCUT2D eigenvalue weighted by Crippen LogP contribution is 2.69. The van der Waals surface area contributed by atoms with Gasteiger partial charge in [-0.2, -0.15) is 0 Å². The van der Waals surface area contributed by atoms with Gasteiger partial charge in [-0.15, -0.1) is 23.2 Å². The van der Waals surface area contributed by atoms with Gasteiger partial charge in [-0.1, -0.05) is 60.1 Å². The minimum absolute atomic E-state index is 0.314. The summed E-state index contributed by atoms with van der Waals surface area (Å²) in [6.45, 7) is 0.771. The minimum atomic E-state index is -1.34. The molecule has 3 atom stereocenters. The van der Waals surface area contributed by atoms with E-state index in [1.807, 2.05) is 48.5 Å². The molecule has 0 aromatic heterocycles. The highest BCUT2D eigenvalue weighted by Gasteiger charge is 2.73. The Labute approximate surface area is 233 Å². The van der Waals surface area contributed by atoms with Gasteiger partial charge in [-0.25, -0.2) is 0 Å². The summed E-state index contributed by atoms with van der Waals surface area (Å²) in [6.07, 6.45) is -1.14. The van der Waals surface area contributed by atoms with E-state index >= 15 is 0 Å². The van der Waals surface area contributed by atoms with Crippen molar-refractivity contribution in [2.24, 2.45) is 11.8 Å². The van der Waals surface area contributed by atoms with Gasteiger partial charge in [0.05, 0.1) is 11.8 Å². The summed E-state index contributed by atoms with van der Waals surface area (Å²) in [5.41, 5.74) is 3.00. The molecule has 1 aliphatic heterocycles. The van der Waals surface area contributed by atoms with Crippen LogP contribution in [-0.2, 0) is 28.9 Å². The largest absolute Gasteiger partial charge is 0.453 e. The van der Waals surface area contributed by atoms with Crippen molar-refractivity contribution in [3.63, 3.8) is 0 Å². The number of alkyl halides is 2. The van der Waals surface area contributed by atoms with E-state index in [1.54, 1.807) is 12.1 Å². The third-order valence-corrected chi connectivity index (χ3v) is 9.31. The molecule has 3 aliphatic carbocycles. The Morgan fingerprint density at radius 2 is 1.24 bits per heavy atom. The zero-order valence-corrected chi connectivity index (χ0v) is 22.3. The second kappa shape index (κ2) is 8.67. The molecule has 0 unspecified atom stereocenters. The van der Waals surface area contributed by atoms with E-state index in [9.17, 15) is 19.2 Å². The van der Waals surface area contributed by atoms with Gasteiger partial charge in [0.1, 0.15) is 16.3 Å². The Balaban J connectivity index is 1.31. The van der Waals surface area contributed by atoms with Crippen LogP contribution in [0.3, 0.4) is 0 Å². The maximum Gasteiger partial charge on any atom is 0.326 e. The molecule has 0 saturated carbocycles. The SMILES string of the molecule is C[C@H](OC(=O)CN1C(=O)[C@@H]2[C@H](C1=O)C1(Cl)c3ccccc3C2(Cl)c2ccccc21)C(=O)c1ccc(Cl)cc1. The Hall–Kier alpha value is -3.19. The fourth-order valence-corrected chi connectivity index (χ4v) is 7.37. The van der Waals surface area contributed by atoms with Crippen LogP contribution in [-0.4, -0.2) is 41.1 Å². The van der Waals surface area contributed by atoms with Crippen LogP contribution < -0.4 is 0 Å². The Kier molecular flexibility index (Phi) is 5.73. The van der Waals surface area contributed by atoms with Crippen LogP contribution in [0.25, 0.3) is 0 Å². The first kappa shape index (κ1) is 25.1. The van der Waals surface area contributed by atoms with Crippen LogP contribution in [0.2, 0.25) is 5.02 Å². The normalized spacial score (nSPS) is 27.4. The minimum Gasteiger partial charge on any atom is -0.453 e. The van der Waals surface area contributed by atoms with Gasteiger partial charge >= 0.3 is 5.97 Å². The summed E-state index contributed by atoms with van der Waals surface area (Å²) in [5.74, 6) is -4.56. The molecule has 9 heteroatoms. The predicted octanol–water partition coefficient (Wildman–Crippen LogP) is 5.05. The van der Waals surface area contributed by atoms with Gasteiger partial charge in [-0.3, -0.25) is 24.1 Å². The number of carbonyl (C=O) groups excluding carboxylic acids is 4. The van der Waals surface area contributed by atoms with Crippen LogP contribution in [0, 0.1) is 11.8 Å². The van der Waals surface area contributed by atoms with Crippen molar-refractivity contribution >= 4 is 58.4 Å². The van der Waals surface area contributed by atoms with E-state index in [0.29, 0.717) is 32.8 Å². The molecule has 38 heavy (non-hydrogen) atoms.